The molecular weight excluding hydrogens is 432 g/mol. The first-order valence-electron chi connectivity index (χ1n) is 13.7. The Hall–Kier alpha value is -1.42. The number of piperazine rings is 1. The number of ether oxygens (including phenoxy) is 1. The molecule has 0 aromatic carbocycles. The van der Waals surface area contributed by atoms with Crippen LogP contribution in [-0.4, -0.2) is 96.5 Å². The average Bonchev–Trinajstić information content (AvgIpc) is 3.34. The molecule has 6 atom stereocenters. The van der Waals surface area contributed by atoms with Crippen LogP contribution in [0.25, 0.3) is 0 Å². The molecule has 4 aliphatic heterocycles. The first-order valence-corrected chi connectivity index (χ1v) is 13.7. The van der Waals surface area contributed by atoms with E-state index < -0.39 is 0 Å². The van der Waals surface area contributed by atoms with Gasteiger partial charge in [-0.15, -0.1) is 0 Å². The minimum absolute atomic E-state index is 0.0192. The summed E-state index contributed by atoms with van der Waals surface area (Å²) in [4.78, 5) is 30.0. The van der Waals surface area contributed by atoms with Crippen LogP contribution < -0.4 is 16.1 Å². The van der Waals surface area contributed by atoms with Crippen molar-refractivity contribution in [1.29, 1.82) is 0 Å². The van der Waals surface area contributed by atoms with Crippen molar-refractivity contribution in [3.05, 3.63) is 0 Å². The summed E-state index contributed by atoms with van der Waals surface area (Å²) in [6.07, 6.45) is 8.18. The van der Waals surface area contributed by atoms with Gasteiger partial charge in [0, 0.05) is 38.6 Å². The van der Waals surface area contributed by atoms with Crippen LogP contribution >= 0.6 is 0 Å². The van der Waals surface area contributed by atoms with Crippen LogP contribution in [0.3, 0.4) is 0 Å². The monoisotopic (exact) mass is 476 g/mol. The summed E-state index contributed by atoms with van der Waals surface area (Å²) in [5.74, 6) is 1.28. The third-order valence-electron chi connectivity index (χ3n) is 9.03. The molecule has 5 fully saturated rings. The zero-order valence-corrected chi connectivity index (χ0v) is 21.0. The number of rotatable bonds is 3. The number of amides is 2. The minimum atomic E-state index is -0.203. The van der Waals surface area contributed by atoms with Crippen molar-refractivity contribution >= 4 is 12.0 Å². The van der Waals surface area contributed by atoms with Crippen molar-refractivity contribution in [2.24, 2.45) is 11.8 Å². The molecule has 1 aliphatic carbocycles. The van der Waals surface area contributed by atoms with Crippen molar-refractivity contribution in [3.63, 3.8) is 0 Å². The Morgan fingerprint density at radius 1 is 0.912 bits per heavy atom. The zero-order valence-electron chi connectivity index (χ0n) is 21.0. The minimum Gasteiger partial charge on any atom is -0.430 e. The maximum Gasteiger partial charge on any atom is 0.411 e. The number of hydrogen-bond acceptors (Lipinski definition) is 7. The quantitative estimate of drug-likeness (QED) is 0.569. The number of carbonyl (C=O) groups is 2. The molecule has 4 saturated heterocycles. The van der Waals surface area contributed by atoms with E-state index in [0.717, 1.165) is 71.2 Å². The van der Waals surface area contributed by atoms with Crippen LogP contribution in [0.5, 0.6) is 0 Å². The van der Waals surface area contributed by atoms with Gasteiger partial charge in [-0.2, -0.15) is 0 Å². The van der Waals surface area contributed by atoms with E-state index in [0.29, 0.717) is 24.4 Å². The second-order valence-corrected chi connectivity index (χ2v) is 11.2. The summed E-state index contributed by atoms with van der Waals surface area (Å²) in [7, 11) is 0. The Balaban J connectivity index is 1.27. The Kier molecular flexibility index (Phi) is 7.63. The molecule has 192 valence electrons. The van der Waals surface area contributed by atoms with Crippen molar-refractivity contribution in [2.75, 3.05) is 39.3 Å². The molecule has 0 aromatic heterocycles. The van der Waals surface area contributed by atoms with E-state index in [1.807, 2.05) is 4.90 Å². The van der Waals surface area contributed by atoms with Crippen molar-refractivity contribution < 1.29 is 14.3 Å². The smallest absolute Gasteiger partial charge is 0.411 e. The average molecular weight is 477 g/mol. The van der Waals surface area contributed by atoms with Gasteiger partial charge >= 0.3 is 6.09 Å². The maximum atomic E-state index is 13.4. The number of piperidine rings is 2. The van der Waals surface area contributed by atoms with Crippen LogP contribution in [0.4, 0.5) is 4.79 Å². The van der Waals surface area contributed by atoms with Gasteiger partial charge in [0.05, 0.1) is 12.1 Å². The third-order valence-corrected chi connectivity index (χ3v) is 9.03. The van der Waals surface area contributed by atoms with Crippen LogP contribution in [-0.2, 0) is 9.53 Å². The molecule has 0 spiro atoms. The summed E-state index contributed by atoms with van der Waals surface area (Å²) in [6.45, 7) is 9.54. The predicted molar refractivity (Wildman–Crippen MR) is 130 cm³/mol. The molecular formula is C25H44N6O3. The molecule has 2 amide bonds. The number of nitrogens with one attached hydrogen (secondary N) is 3. The fourth-order valence-electron chi connectivity index (χ4n) is 7.28. The number of nitrogens with zero attached hydrogens (tertiary/aromatic N) is 3. The molecule has 9 nitrogen and oxygen atoms in total. The lowest BCUT2D eigenvalue weighted by molar-refractivity contribution is -0.142. The molecule has 5 aliphatic rings. The molecule has 9 heteroatoms. The largest absolute Gasteiger partial charge is 0.430 e. The van der Waals surface area contributed by atoms with E-state index in [1.165, 1.54) is 12.8 Å². The summed E-state index contributed by atoms with van der Waals surface area (Å²) >= 11 is 0. The highest BCUT2D eigenvalue weighted by Crippen LogP contribution is 2.40. The highest BCUT2D eigenvalue weighted by atomic mass is 16.6. The number of fused-ring (bicyclic) bond motifs is 1. The van der Waals surface area contributed by atoms with Gasteiger partial charge in [-0.25, -0.2) is 9.80 Å². The van der Waals surface area contributed by atoms with Gasteiger partial charge in [-0.05, 0) is 89.8 Å². The van der Waals surface area contributed by atoms with Crippen molar-refractivity contribution in [3.8, 4) is 0 Å². The van der Waals surface area contributed by atoms with E-state index in [9.17, 15) is 9.59 Å². The first kappa shape index (κ1) is 24.3. The lowest BCUT2D eigenvalue weighted by Crippen LogP contribution is -2.67. The molecule has 6 unspecified atom stereocenters. The standard InChI is InChI=1S/C25H44N6O3/c1-17-15-29(25(33)34-24-5-3-4-10-27-24)23-13-19(6-7-22(23)31(17)18(2)32)20-14-28-30(16-20)21-8-11-26-12-9-21/h17,19-24,26-28H,3-16H2,1-2H3. The molecule has 34 heavy (non-hydrogen) atoms. The van der Waals surface area contributed by atoms with E-state index in [1.54, 1.807) is 6.92 Å². The summed E-state index contributed by atoms with van der Waals surface area (Å²) in [5, 5.41) is 9.29. The first-order chi connectivity index (χ1) is 16.5. The van der Waals surface area contributed by atoms with Gasteiger partial charge in [-0.3, -0.25) is 15.5 Å². The van der Waals surface area contributed by atoms with Crippen LogP contribution in [0.15, 0.2) is 0 Å². The second kappa shape index (κ2) is 10.7. The van der Waals surface area contributed by atoms with E-state index in [4.69, 9.17) is 4.74 Å². The summed E-state index contributed by atoms with van der Waals surface area (Å²) in [5.41, 5.74) is 3.70. The van der Waals surface area contributed by atoms with Crippen LogP contribution in [0.1, 0.15) is 65.2 Å². The Labute approximate surface area is 204 Å². The molecule has 0 bridgehead atoms. The molecule has 5 rings (SSSR count). The SMILES string of the molecule is CC(=O)N1C(C)CN(C(=O)OC2CCCCN2)C2CC(C3CNN(C4CCNCC4)C3)CCC21. The van der Waals surface area contributed by atoms with E-state index in [2.05, 4.69) is 32.9 Å². The van der Waals surface area contributed by atoms with Gasteiger partial charge < -0.3 is 19.9 Å². The molecule has 3 N–H and O–H groups in total. The molecule has 1 saturated carbocycles. The molecule has 0 aromatic rings. The lowest BCUT2D eigenvalue weighted by atomic mass is 9.73. The Morgan fingerprint density at radius 3 is 2.47 bits per heavy atom. The molecule has 0 radical (unpaired) electrons. The Morgan fingerprint density at radius 2 is 1.74 bits per heavy atom. The number of carbonyl (C=O) groups excluding carboxylic acids is 2. The van der Waals surface area contributed by atoms with E-state index >= 15 is 0 Å². The number of hydrogen-bond donors (Lipinski definition) is 3. The topological polar surface area (TPSA) is 89.2 Å². The predicted octanol–water partition coefficient (Wildman–Crippen LogP) is 1.50. The third kappa shape index (κ3) is 5.08. The molecule has 4 heterocycles. The van der Waals surface area contributed by atoms with Crippen LogP contribution in [0.2, 0.25) is 0 Å². The Bertz CT molecular complexity index is 725. The number of hydrazine groups is 1. The van der Waals surface area contributed by atoms with Crippen molar-refractivity contribution in [2.45, 2.75) is 95.6 Å². The highest BCUT2D eigenvalue weighted by molar-refractivity contribution is 5.75. The van der Waals surface area contributed by atoms with Crippen LogP contribution in [0, 0.1) is 11.8 Å². The zero-order chi connectivity index (χ0) is 23.7. The van der Waals surface area contributed by atoms with Gasteiger partial charge in [-0.1, -0.05) is 0 Å². The van der Waals surface area contributed by atoms with Gasteiger partial charge in [0.2, 0.25) is 5.91 Å². The van der Waals surface area contributed by atoms with Crippen molar-refractivity contribution in [1.82, 2.24) is 30.9 Å². The lowest BCUT2D eigenvalue weighted by Gasteiger charge is -2.54. The highest BCUT2D eigenvalue weighted by Gasteiger charge is 2.49. The fraction of sp³-hybridized carbons (Fsp3) is 0.920. The maximum absolute atomic E-state index is 13.4. The van der Waals surface area contributed by atoms with Gasteiger partial charge in [0.15, 0.2) is 6.23 Å². The summed E-state index contributed by atoms with van der Waals surface area (Å²) < 4.78 is 5.93. The van der Waals surface area contributed by atoms with E-state index in [-0.39, 0.29) is 36.4 Å². The van der Waals surface area contributed by atoms with Gasteiger partial charge in [0.1, 0.15) is 0 Å². The second-order valence-electron chi connectivity index (χ2n) is 11.2. The fourth-order valence-corrected chi connectivity index (χ4v) is 7.28. The summed E-state index contributed by atoms with van der Waals surface area (Å²) in [6, 6.07) is 0.786. The van der Waals surface area contributed by atoms with Gasteiger partial charge in [0.25, 0.3) is 0 Å². The normalized spacial score (nSPS) is 37.9.